The molecule has 0 radical (unpaired) electrons. The Morgan fingerprint density at radius 3 is 2.65 bits per heavy atom. The first kappa shape index (κ1) is 19.9. The lowest BCUT2D eigenvalue weighted by atomic mass is 9.72. The molecule has 2 aromatic carbocycles. The van der Waals surface area contributed by atoms with Crippen molar-refractivity contribution in [2.75, 3.05) is 16.3 Å². The summed E-state index contributed by atoms with van der Waals surface area (Å²) in [7, 11) is 0. The zero-order chi connectivity index (χ0) is 21.9. The van der Waals surface area contributed by atoms with E-state index in [-0.39, 0.29) is 29.1 Å². The molecule has 31 heavy (non-hydrogen) atoms. The molecule has 1 N–H and O–H groups in total. The molecule has 0 unspecified atom stereocenters. The molecule has 156 valence electrons. The molecule has 2 amide bonds. The molecular weight excluding hydrogens is 439 g/mol. The van der Waals surface area contributed by atoms with Gasteiger partial charge in [-0.15, -0.1) is 0 Å². The molecule has 3 aliphatic rings. The molecule has 6 nitrogen and oxygen atoms in total. The Morgan fingerprint density at radius 2 is 2.00 bits per heavy atom. The summed E-state index contributed by atoms with van der Waals surface area (Å²) in [4.78, 5) is 29.3. The molecule has 0 bridgehead atoms. The van der Waals surface area contributed by atoms with E-state index in [0.717, 1.165) is 6.42 Å². The number of benzene rings is 2. The Hall–Kier alpha value is -3.02. The van der Waals surface area contributed by atoms with Crippen LogP contribution >= 0.6 is 23.8 Å². The normalized spacial score (nSPS) is 19.2. The quantitative estimate of drug-likeness (QED) is 0.700. The highest BCUT2D eigenvalue weighted by Gasteiger charge is 2.56. The minimum absolute atomic E-state index is 0.149. The molecular formula is C22H16ClFN4O2S. The molecule has 9 heteroatoms. The number of carbonyl (C=O) groups excluding carboxylic acids is 2. The van der Waals surface area contributed by atoms with Crippen LogP contribution in [0.25, 0.3) is 0 Å². The zero-order valence-electron chi connectivity index (χ0n) is 16.2. The minimum Gasteiger partial charge on any atom is -0.348 e. The van der Waals surface area contributed by atoms with Gasteiger partial charge in [0.1, 0.15) is 22.4 Å². The highest BCUT2D eigenvalue weighted by molar-refractivity contribution is 7.80. The van der Waals surface area contributed by atoms with Gasteiger partial charge in [0, 0.05) is 12.1 Å². The Bertz CT molecular complexity index is 1220. The number of hydrogen-bond donors (Lipinski definition) is 1. The van der Waals surface area contributed by atoms with Crippen molar-refractivity contribution >= 4 is 52.0 Å². The maximum absolute atomic E-state index is 15.1. The Balaban J connectivity index is 1.57. The summed E-state index contributed by atoms with van der Waals surface area (Å²) < 4.78 is 15.1. The lowest BCUT2D eigenvalue weighted by Gasteiger charge is -2.55. The van der Waals surface area contributed by atoms with Crippen LogP contribution in [0.15, 0.2) is 30.3 Å². The third-order valence-electron chi connectivity index (χ3n) is 6.32. The van der Waals surface area contributed by atoms with Crippen molar-refractivity contribution in [2.45, 2.75) is 31.3 Å². The first-order valence-corrected chi connectivity index (χ1v) is 10.6. The van der Waals surface area contributed by atoms with E-state index in [1.54, 1.807) is 23.1 Å². The number of rotatable bonds is 2. The van der Waals surface area contributed by atoms with Crippen molar-refractivity contribution in [3.8, 4) is 6.07 Å². The number of thiocarbonyl (C=S) groups is 1. The van der Waals surface area contributed by atoms with Crippen molar-refractivity contribution < 1.29 is 14.0 Å². The molecule has 0 atom stereocenters. The van der Waals surface area contributed by atoms with Crippen molar-refractivity contribution in [3.63, 3.8) is 0 Å². The van der Waals surface area contributed by atoms with Crippen molar-refractivity contribution in [3.05, 3.63) is 57.9 Å². The number of carbonyl (C=O) groups is 2. The van der Waals surface area contributed by atoms with Gasteiger partial charge in [-0.1, -0.05) is 23.8 Å². The molecule has 5 rings (SSSR count). The summed E-state index contributed by atoms with van der Waals surface area (Å²) in [5, 5.41) is 12.0. The molecule has 1 spiro atoms. The summed E-state index contributed by atoms with van der Waals surface area (Å²) in [5.41, 5.74) is 1.09. The van der Waals surface area contributed by atoms with Gasteiger partial charge < -0.3 is 10.2 Å². The van der Waals surface area contributed by atoms with Crippen LogP contribution in [0, 0.1) is 17.1 Å². The second-order valence-electron chi connectivity index (χ2n) is 7.92. The van der Waals surface area contributed by atoms with Crippen LogP contribution in [-0.4, -0.2) is 28.9 Å². The number of fused-ring (bicyclic) bond motifs is 1. The van der Waals surface area contributed by atoms with E-state index in [4.69, 9.17) is 29.1 Å². The van der Waals surface area contributed by atoms with Crippen LogP contribution in [0.4, 0.5) is 15.8 Å². The maximum atomic E-state index is 15.1. The molecule has 2 aromatic rings. The second-order valence-corrected chi connectivity index (χ2v) is 8.80. The van der Waals surface area contributed by atoms with Gasteiger partial charge in [0.05, 0.1) is 28.5 Å². The average molecular weight is 455 g/mol. The lowest BCUT2D eigenvalue weighted by Crippen LogP contribution is -2.71. The first-order valence-electron chi connectivity index (χ1n) is 9.81. The third-order valence-corrected chi connectivity index (χ3v) is 6.94. The fourth-order valence-corrected chi connectivity index (χ4v) is 5.07. The molecule has 2 aliphatic heterocycles. The van der Waals surface area contributed by atoms with Crippen LogP contribution < -0.4 is 15.1 Å². The van der Waals surface area contributed by atoms with Crippen LogP contribution in [-0.2, 0) is 11.3 Å². The van der Waals surface area contributed by atoms with Crippen LogP contribution in [0.3, 0.4) is 0 Å². The number of nitriles is 1. The number of halogens is 2. The number of nitrogens with one attached hydrogen (secondary N) is 1. The Morgan fingerprint density at radius 1 is 1.23 bits per heavy atom. The molecule has 0 aromatic heterocycles. The number of hydrogen-bond acceptors (Lipinski definition) is 5. The predicted octanol–water partition coefficient (Wildman–Crippen LogP) is 3.70. The zero-order valence-corrected chi connectivity index (χ0v) is 17.8. The van der Waals surface area contributed by atoms with E-state index in [1.807, 2.05) is 6.07 Å². The van der Waals surface area contributed by atoms with Crippen LogP contribution in [0.2, 0.25) is 5.02 Å². The van der Waals surface area contributed by atoms with Gasteiger partial charge in [0.15, 0.2) is 0 Å². The van der Waals surface area contributed by atoms with Crippen molar-refractivity contribution in [1.29, 1.82) is 5.26 Å². The predicted molar refractivity (Wildman–Crippen MR) is 118 cm³/mol. The van der Waals surface area contributed by atoms with Gasteiger partial charge in [0.25, 0.3) is 11.8 Å². The third kappa shape index (κ3) is 2.84. The second kappa shape index (κ2) is 7.01. The van der Waals surface area contributed by atoms with E-state index in [9.17, 15) is 9.59 Å². The molecule has 1 saturated carbocycles. The van der Waals surface area contributed by atoms with Gasteiger partial charge in [-0.25, -0.2) is 4.39 Å². The number of anilines is 2. The molecule has 1 saturated heterocycles. The highest BCUT2D eigenvalue weighted by Crippen LogP contribution is 2.46. The fraction of sp³-hybridized carbons (Fsp3) is 0.273. The van der Waals surface area contributed by atoms with E-state index in [0.29, 0.717) is 46.8 Å². The number of piperazine rings is 1. The van der Waals surface area contributed by atoms with Crippen LogP contribution in [0.5, 0.6) is 0 Å². The van der Waals surface area contributed by atoms with Crippen LogP contribution in [0.1, 0.15) is 40.7 Å². The van der Waals surface area contributed by atoms with Gasteiger partial charge in [-0.05, 0) is 55.2 Å². The largest absolute Gasteiger partial charge is 0.348 e. The number of amides is 2. The monoisotopic (exact) mass is 454 g/mol. The Kier molecular flexibility index (Phi) is 4.50. The summed E-state index contributed by atoms with van der Waals surface area (Å²) in [6.07, 6.45) is 1.93. The van der Waals surface area contributed by atoms with E-state index < -0.39 is 11.4 Å². The van der Waals surface area contributed by atoms with Gasteiger partial charge in [0.2, 0.25) is 0 Å². The summed E-state index contributed by atoms with van der Waals surface area (Å²) >= 11 is 11.7. The smallest absolute Gasteiger partial charge is 0.257 e. The standard InChI is InChI=1S/C22H16ClFN4O2S/c23-16-7-14(3-2-12(16)9-25)28-19(31)11-27(22(21(28)30)4-1-5-22)18-8-15-13(6-17(18)24)10-26-20(15)29/h2-3,6-8H,1,4-5,10-11H2,(H,26,29). The maximum Gasteiger partial charge on any atom is 0.257 e. The average Bonchev–Trinajstić information content (AvgIpc) is 3.05. The minimum atomic E-state index is -0.938. The van der Waals surface area contributed by atoms with Crippen molar-refractivity contribution in [2.24, 2.45) is 0 Å². The summed E-state index contributed by atoms with van der Waals surface area (Å²) in [6.45, 7) is 0.442. The summed E-state index contributed by atoms with van der Waals surface area (Å²) in [6, 6.07) is 9.61. The van der Waals surface area contributed by atoms with E-state index in [2.05, 4.69) is 5.32 Å². The van der Waals surface area contributed by atoms with Gasteiger partial charge in [-0.2, -0.15) is 5.26 Å². The SMILES string of the molecule is N#Cc1ccc(N2C(=O)C3(CCC3)N(c3cc4c(cc3F)CNC4=O)CC2=S)cc1Cl. The van der Waals surface area contributed by atoms with E-state index in [1.165, 1.54) is 17.0 Å². The topological polar surface area (TPSA) is 76.4 Å². The molecule has 2 heterocycles. The highest BCUT2D eigenvalue weighted by atomic mass is 35.5. The molecule has 2 fully saturated rings. The van der Waals surface area contributed by atoms with E-state index >= 15 is 4.39 Å². The fourth-order valence-electron chi connectivity index (χ4n) is 4.54. The first-order chi connectivity index (χ1) is 14.9. The van der Waals surface area contributed by atoms with Gasteiger partial charge in [-0.3, -0.25) is 14.5 Å². The molecule has 1 aliphatic carbocycles. The lowest BCUT2D eigenvalue weighted by molar-refractivity contribution is -0.126. The Labute approximate surface area is 188 Å². The number of nitrogens with zero attached hydrogens (tertiary/aromatic N) is 3. The summed E-state index contributed by atoms with van der Waals surface area (Å²) in [5.74, 6) is -0.981. The van der Waals surface area contributed by atoms with Crippen molar-refractivity contribution in [1.82, 2.24) is 5.32 Å². The van der Waals surface area contributed by atoms with Gasteiger partial charge >= 0.3 is 0 Å².